The van der Waals surface area contributed by atoms with Gasteiger partial charge in [0.25, 0.3) is 0 Å². The van der Waals surface area contributed by atoms with Gasteiger partial charge >= 0.3 is 0 Å². The molecule has 0 spiro atoms. The van der Waals surface area contributed by atoms with Crippen LogP contribution in [0, 0.1) is 0 Å². The summed E-state index contributed by atoms with van der Waals surface area (Å²) in [4.78, 5) is 22.4. The summed E-state index contributed by atoms with van der Waals surface area (Å²) in [5.41, 5.74) is 6.30. The maximum Gasteiger partial charge on any atom is 0.150 e. The molecule has 0 atom stereocenters. The molecule has 2 N–H and O–H groups in total. The van der Waals surface area contributed by atoms with E-state index in [-0.39, 0.29) is 0 Å². The predicted octanol–water partition coefficient (Wildman–Crippen LogP) is 1.44. The molecule has 1 heterocycles. The van der Waals surface area contributed by atoms with Gasteiger partial charge < -0.3 is 10.5 Å². The number of carbonyl (C=O) groups excluding carboxylic acids is 2. The van der Waals surface area contributed by atoms with Crippen LogP contribution in [0.2, 0.25) is 0 Å². The number of anilines is 1. The first-order valence-electron chi connectivity index (χ1n) is 4.19. The molecular formula is C11H10N2O2. The Kier molecular flexibility index (Phi) is 3.51. The van der Waals surface area contributed by atoms with Gasteiger partial charge in [-0.1, -0.05) is 6.07 Å². The Morgan fingerprint density at radius 1 is 1.27 bits per heavy atom. The van der Waals surface area contributed by atoms with Gasteiger partial charge in [-0.15, -0.1) is 0 Å². The summed E-state index contributed by atoms with van der Waals surface area (Å²) >= 11 is 0. The van der Waals surface area contributed by atoms with Gasteiger partial charge in [-0.2, -0.15) is 0 Å². The number of aldehydes is 1. The number of pyridine rings is 1. The molecule has 2 aromatic rings. The molecule has 76 valence electrons. The van der Waals surface area contributed by atoms with Gasteiger partial charge in [-0.3, -0.25) is 4.79 Å². The summed E-state index contributed by atoms with van der Waals surface area (Å²) in [5, 5.41) is 1.82. The molecule has 0 aliphatic heterocycles. The number of rotatable bonds is 1. The molecule has 0 aliphatic carbocycles. The van der Waals surface area contributed by atoms with E-state index in [1.807, 2.05) is 12.9 Å². The number of hydrogen-bond donors (Lipinski definition) is 1. The van der Waals surface area contributed by atoms with Crippen molar-refractivity contribution in [2.75, 3.05) is 5.73 Å². The lowest BCUT2D eigenvalue weighted by Gasteiger charge is -2.00. The zero-order valence-corrected chi connectivity index (χ0v) is 8.01. The molecule has 1 aromatic heterocycles. The Morgan fingerprint density at radius 2 is 2.00 bits per heavy atom. The fourth-order valence-corrected chi connectivity index (χ4v) is 1.29. The van der Waals surface area contributed by atoms with Gasteiger partial charge in [0, 0.05) is 17.1 Å². The summed E-state index contributed by atoms with van der Waals surface area (Å²) in [6.45, 7) is 2.00. The van der Waals surface area contributed by atoms with Crippen LogP contribution < -0.4 is 5.73 Å². The third kappa shape index (κ3) is 2.17. The van der Waals surface area contributed by atoms with E-state index in [1.165, 1.54) is 0 Å². The van der Waals surface area contributed by atoms with Crippen LogP contribution in [0.5, 0.6) is 0 Å². The van der Waals surface area contributed by atoms with E-state index in [0.29, 0.717) is 11.4 Å². The molecule has 0 unspecified atom stereocenters. The number of fused-ring (bicyclic) bond motifs is 1. The van der Waals surface area contributed by atoms with Crippen molar-refractivity contribution in [3.05, 3.63) is 36.0 Å². The van der Waals surface area contributed by atoms with Crippen molar-refractivity contribution in [2.45, 2.75) is 0 Å². The maximum absolute atomic E-state index is 10.5. The Morgan fingerprint density at radius 3 is 2.67 bits per heavy atom. The van der Waals surface area contributed by atoms with E-state index in [0.717, 1.165) is 17.1 Å². The Balaban J connectivity index is 0.000000531. The minimum absolute atomic E-state index is 0.495. The molecule has 15 heavy (non-hydrogen) atoms. The van der Waals surface area contributed by atoms with E-state index >= 15 is 0 Å². The van der Waals surface area contributed by atoms with Crippen molar-refractivity contribution in [1.82, 2.24) is 4.98 Å². The highest BCUT2D eigenvalue weighted by molar-refractivity contribution is 5.94. The van der Waals surface area contributed by atoms with Gasteiger partial charge in [-0.05, 0) is 23.6 Å². The number of carbonyl (C=O) groups is 2. The van der Waals surface area contributed by atoms with Crippen molar-refractivity contribution < 1.29 is 9.59 Å². The Hall–Kier alpha value is -2.23. The maximum atomic E-state index is 10.5. The highest BCUT2D eigenvalue weighted by Gasteiger charge is 1.98. The van der Waals surface area contributed by atoms with Crippen LogP contribution in [0.3, 0.4) is 0 Å². The molecule has 0 fully saturated rings. The van der Waals surface area contributed by atoms with Gasteiger partial charge in [0.2, 0.25) is 0 Å². The van der Waals surface area contributed by atoms with Crippen LogP contribution in [0.4, 0.5) is 5.82 Å². The van der Waals surface area contributed by atoms with Crippen molar-refractivity contribution in [1.29, 1.82) is 0 Å². The first-order valence-corrected chi connectivity index (χ1v) is 4.19. The Labute approximate surface area is 86.7 Å². The first-order chi connectivity index (χ1) is 7.31. The number of hydrogen-bond acceptors (Lipinski definition) is 4. The second-order valence-corrected chi connectivity index (χ2v) is 2.79. The van der Waals surface area contributed by atoms with E-state index in [1.54, 1.807) is 24.4 Å². The average molecular weight is 202 g/mol. The molecule has 0 saturated carbocycles. The highest BCUT2D eigenvalue weighted by atomic mass is 16.1. The second-order valence-electron chi connectivity index (χ2n) is 2.79. The lowest BCUT2D eigenvalue weighted by molar-refractivity contribution is -0.0979. The largest absolute Gasteiger partial charge is 0.383 e. The summed E-state index contributed by atoms with van der Waals surface area (Å²) in [6, 6.07) is 7.16. The van der Waals surface area contributed by atoms with Crippen molar-refractivity contribution in [2.24, 2.45) is 0 Å². The van der Waals surface area contributed by atoms with E-state index in [4.69, 9.17) is 10.5 Å². The van der Waals surface area contributed by atoms with E-state index < -0.39 is 0 Å². The molecular weight excluding hydrogens is 192 g/mol. The van der Waals surface area contributed by atoms with Gasteiger partial charge in [-0.25, -0.2) is 4.98 Å². The molecule has 1 aromatic carbocycles. The van der Waals surface area contributed by atoms with Crippen LogP contribution in [-0.4, -0.2) is 18.1 Å². The van der Waals surface area contributed by atoms with Crippen molar-refractivity contribution in [3.8, 4) is 0 Å². The normalized spacial score (nSPS) is 9.07. The molecule has 0 radical (unpaired) electrons. The predicted molar refractivity (Wildman–Crippen MR) is 58.7 cm³/mol. The van der Waals surface area contributed by atoms with Crippen LogP contribution >= 0.6 is 0 Å². The molecule has 4 nitrogen and oxygen atoms in total. The molecule has 0 aliphatic rings. The van der Waals surface area contributed by atoms with Crippen LogP contribution in [0.15, 0.2) is 30.5 Å². The molecule has 4 heteroatoms. The zero-order valence-electron chi connectivity index (χ0n) is 8.01. The van der Waals surface area contributed by atoms with Gasteiger partial charge in [0.15, 0.2) is 0 Å². The number of nitrogen functional groups attached to an aromatic ring is 1. The third-order valence-electron chi connectivity index (χ3n) is 1.96. The van der Waals surface area contributed by atoms with Crippen LogP contribution in [0.25, 0.3) is 10.8 Å². The third-order valence-corrected chi connectivity index (χ3v) is 1.96. The standard InChI is InChI=1S/C10H8N2O.CH2O/c11-10-9-2-1-7(6-13)5-8(9)3-4-12-10;1-2/h1-6H,(H2,11,12);1H2. The van der Waals surface area contributed by atoms with Gasteiger partial charge in [0.1, 0.15) is 18.9 Å². The lowest BCUT2D eigenvalue weighted by atomic mass is 10.1. The zero-order chi connectivity index (χ0) is 11.3. The second kappa shape index (κ2) is 4.85. The minimum Gasteiger partial charge on any atom is -0.383 e. The summed E-state index contributed by atoms with van der Waals surface area (Å²) < 4.78 is 0. The van der Waals surface area contributed by atoms with Crippen LogP contribution in [-0.2, 0) is 4.79 Å². The molecule has 0 amide bonds. The summed E-state index contributed by atoms with van der Waals surface area (Å²) in [7, 11) is 0. The van der Waals surface area contributed by atoms with E-state index in [9.17, 15) is 4.79 Å². The van der Waals surface area contributed by atoms with Crippen molar-refractivity contribution >= 4 is 29.7 Å². The number of aromatic nitrogens is 1. The van der Waals surface area contributed by atoms with E-state index in [2.05, 4.69) is 4.98 Å². The van der Waals surface area contributed by atoms with Gasteiger partial charge in [0.05, 0.1) is 0 Å². The number of nitrogens with zero attached hydrogens (tertiary/aromatic N) is 1. The molecule has 0 bridgehead atoms. The van der Waals surface area contributed by atoms with Crippen molar-refractivity contribution in [3.63, 3.8) is 0 Å². The fourth-order valence-electron chi connectivity index (χ4n) is 1.29. The lowest BCUT2D eigenvalue weighted by Crippen LogP contribution is -1.91. The molecule has 2 rings (SSSR count). The Bertz CT molecular complexity index is 483. The monoisotopic (exact) mass is 202 g/mol. The minimum atomic E-state index is 0.495. The highest BCUT2D eigenvalue weighted by Crippen LogP contribution is 2.18. The first kappa shape index (κ1) is 10.8. The quantitative estimate of drug-likeness (QED) is 0.710. The summed E-state index contributed by atoms with van der Waals surface area (Å²) in [6.07, 6.45) is 2.45. The number of nitrogens with two attached hydrogens (primary N) is 1. The fraction of sp³-hybridized carbons (Fsp3) is 0. The summed E-state index contributed by atoms with van der Waals surface area (Å²) in [5.74, 6) is 0.495. The average Bonchev–Trinajstić information content (AvgIpc) is 2.31. The SMILES string of the molecule is C=O.Nc1nccc2cc(C=O)ccc12. The molecule has 0 saturated heterocycles. The smallest absolute Gasteiger partial charge is 0.150 e. The topological polar surface area (TPSA) is 73.1 Å². The van der Waals surface area contributed by atoms with Crippen LogP contribution in [0.1, 0.15) is 10.4 Å². The number of benzene rings is 1.